The van der Waals surface area contributed by atoms with Gasteiger partial charge in [-0.1, -0.05) is 42.0 Å². The second kappa shape index (κ2) is 6.93. The van der Waals surface area contributed by atoms with Gasteiger partial charge in [-0.05, 0) is 49.1 Å². The number of nitrogens with zero attached hydrogens (tertiary/aromatic N) is 2. The van der Waals surface area contributed by atoms with Gasteiger partial charge in [-0.15, -0.1) is 0 Å². The molecule has 26 heavy (non-hydrogen) atoms. The van der Waals surface area contributed by atoms with Crippen LogP contribution in [0.15, 0.2) is 60.9 Å². The lowest BCUT2D eigenvalue weighted by atomic mass is 9.93. The fourth-order valence-electron chi connectivity index (χ4n) is 3.93. The van der Waals surface area contributed by atoms with E-state index in [0.717, 1.165) is 19.5 Å². The van der Waals surface area contributed by atoms with Crippen LogP contribution in [0.4, 0.5) is 5.69 Å². The van der Waals surface area contributed by atoms with Crippen LogP contribution in [0.3, 0.4) is 0 Å². The molecule has 1 atom stereocenters. The maximum absolute atomic E-state index is 6.39. The van der Waals surface area contributed by atoms with E-state index in [1.807, 2.05) is 12.4 Å². The van der Waals surface area contributed by atoms with Gasteiger partial charge in [0, 0.05) is 48.3 Å². The van der Waals surface area contributed by atoms with Gasteiger partial charge in [-0.25, -0.2) is 0 Å². The van der Waals surface area contributed by atoms with Crippen molar-refractivity contribution in [2.75, 3.05) is 11.4 Å². The average molecular weight is 343 g/mol. The Morgan fingerprint density at radius 1 is 1.12 bits per heavy atom. The SMILES string of the molecule is Cc1cc2c(c([C@@H](C)N)c1)N(Cc1ccccc1)CCc1ccncc1-2. The van der Waals surface area contributed by atoms with E-state index in [4.69, 9.17) is 5.73 Å². The second-order valence-electron chi connectivity index (χ2n) is 7.23. The number of hydrogen-bond acceptors (Lipinski definition) is 3. The zero-order valence-corrected chi connectivity index (χ0v) is 15.4. The minimum atomic E-state index is -0.0138. The highest BCUT2D eigenvalue weighted by atomic mass is 15.1. The van der Waals surface area contributed by atoms with Crippen molar-refractivity contribution in [2.24, 2.45) is 5.73 Å². The smallest absolute Gasteiger partial charge is 0.0498 e. The van der Waals surface area contributed by atoms with Crippen LogP contribution in [0.2, 0.25) is 0 Å². The molecule has 3 aromatic rings. The molecule has 2 aromatic carbocycles. The van der Waals surface area contributed by atoms with Crippen LogP contribution in [-0.4, -0.2) is 11.5 Å². The lowest BCUT2D eigenvalue weighted by Gasteiger charge is -2.29. The second-order valence-corrected chi connectivity index (χ2v) is 7.23. The molecule has 3 nitrogen and oxygen atoms in total. The van der Waals surface area contributed by atoms with E-state index in [1.165, 1.54) is 39.1 Å². The predicted molar refractivity (Wildman–Crippen MR) is 108 cm³/mol. The third-order valence-corrected chi connectivity index (χ3v) is 5.16. The number of pyridine rings is 1. The minimum absolute atomic E-state index is 0.0138. The molecule has 3 heteroatoms. The largest absolute Gasteiger partial charge is 0.366 e. The molecule has 2 heterocycles. The van der Waals surface area contributed by atoms with E-state index in [-0.39, 0.29) is 6.04 Å². The number of hydrogen-bond donors (Lipinski definition) is 1. The van der Waals surface area contributed by atoms with Crippen LogP contribution in [0, 0.1) is 6.92 Å². The van der Waals surface area contributed by atoms with Crippen LogP contribution in [0.5, 0.6) is 0 Å². The Morgan fingerprint density at radius 3 is 2.69 bits per heavy atom. The van der Waals surface area contributed by atoms with E-state index in [1.54, 1.807) is 0 Å². The molecule has 0 amide bonds. The number of aromatic nitrogens is 1. The lowest BCUT2D eigenvalue weighted by Crippen LogP contribution is -2.27. The third-order valence-electron chi connectivity index (χ3n) is 5.16. The quantitative estimate of drug-likeness (QED) is 0.753. The summed E-state index contributed by atoms with van der Waals surface area (Å²) in [5.74, 6) is 0. The van der Waals surface area contributed by atoms with Crippen molar-refractivity contribution in [1.82, 2.24) is 4.98 Å². The fourth-order valence-corrected chi connectivity index (χ4v) is 3.93. The standard InChI is InChI=1S/C23H25N3/c1-16-12-20(17(2)24)23-21(13-16)22-14-25-10-8-19(22)9-11-26(23)15-18-6-4-3-5-7-18/h3-8,10,12-14,17H,9,11,15,24H2,1-2H3/t17-/m1/s1. The maximum atomic E-state index is 6.39. The number of rotatable bonds is 3. The molecule has 1 aromatic heterocycles. The van der Waals surface area contributed by atoms with Crippen LogP contribution < -0.4 is 10.6 Å². The Labute approximate surface area is 155 Å². The average Bonchev–Trinajstić information content (AvgIpc) is 2.80. The molecule has 1 aliphatic heterocycles. The number of anilines is 1. The summed E-state index contributed by atoms with van der Waals surface area (Å²) in [5, 5.41) is 0. The highest BCUT2D eigenvalue weighted by Gasteiger charge is 2.24. The first kappa shape index (κ1) is 16.8. The number of fused-ring (bicyclic) bond motifs is 3. The van der Waals surface area contributed by atoms with Crippen LogP contribution in [-0.2, 0) is 13.0 Å². The first-order chi connectivity index (χ1) is 12.6. The van der Waals surface area contributed by atoms with Gasteiger partial charge in [0.05, 0.1) is 0 Å². The molecule has 0 bridgehead atoms. The summed E-state index contributed by atoms with van der Waals surface area (Å²) in [7, 11) is 0. The van der Waals surface area contributed by atoms with Gasteiger partial charge < -0.3 is 10.6 Å². The van der Waals surface area contributed by atoms with Crippen LogP contribution >= 0.6 is 0 Å². The third kappa shape index (κ3) is 3.11. The molecule has 0 fully saturated rings. The van der Waals surface area contributed by atoms with Gasteiger partial charge in [-0.3, -0.25) is 4.98 Å². The van der Waals surface area contributed by atoms with E-state index < -0.39 is 0 Å². The van der Waals surface area contributed by atoms with Gasteiger partial charge in [-0.2, -0.15) is 0 Å². The molecule has 0 radical (unpaired) electrons. The zero-order valence-electron chi connectivity index (χ0n) is 15.4. The van der Waals surface area contributed by atoms with E-state index in [0.29, 0.717) is 0 Å². The highest BCUT2D eigenvalue weighted by molar-refractivity contribution is 5.84. The van der Waals surface area contributed by atoms with Gasteiger partial charge in [0.2, 0.25) is 0 Å². The summed E-state index contributed by atoms with van der Waals surface area (Å²) in [5.41, 5.74) is 15.3. The molecule has 132 valence electrons. The number of nitrogens with two attached hydrogens (primary N) is 1. The molecule has 2 N–H and O–H groups in total. The summed E-state index contributed by atoms with van der Waals surface area (Å²) < 4.78 is 0. The molecule has 4 rings (SSSR count). The van der Waals surface area contributed by atoms with Gasteiger partial charge >= 0.3 is 0 Å². The van der Waals surface area contributed by atoms with Gasteiger partial charge in [0.15, 0.2) is 0 Å². The molecule has 0 saturated heterocycles. The van der Waals surface area contributed by atoms with E-state index in [9.17, 15) is 0 Å². The van der Waals surface area contributed by atoms with Crippen LogP contribution in [0.1, 0.15) is 35.2 Å². The Kier molecular flexibility index (Phi) is 4.48. The van der Waals surface area contributed by atoms with Crippen molar-refractivity contribution < 1.29 is 0 Å². The molecule has 0 unspecified atom stereocenters. The normalized spacial score (nSPS) is 14.3. The highest BCUT2D eigenvalue weighted by Crippen LogP contribution is 2.41. The Bertz CT molecular complexity index is 916. The summed E-state index contributed by atoms with van der Waals surface area (Å²) in [4.78, 5) is 6.89. The Morgan fingerprint density at radius 2 is 1.92 bits per heavy atom. The van der Waals surface area contributed by atoms with E-state index in [2.05, 4.69) is 72.3 Å². The first-order valence-electron chi connectivity index (χ1n) is 9.25. The van der Waals surface area contributed by atoms with Gasteiger partial charge in [0.1, 0.15) is 0 Å². The zero-order chi connectivity index (χ0) is 18.1. The Hall–Kier alpha value is -2.65. The van der Waals surface area contributed by atoms with Crippen LogP contribution in [0.25, 0.3) is 11.1 Å². The summed E-state index contributed by atoms with van der Waals surface area (Å²) in [6, 6.07) is 17.3. The minimum Gasteiger partial charge on any atom is -0.366 e. The Balaban J connectivity index is 1.91. The van der Waals surface area contributed by atoms with Gasteiger partial charge in [0.25, 0.3) is 0 Å². The summed E-state index contributed by atoms with van der Waals surface area (Å²) >= 11 is 0. The first-order valence-corrected chi connectivity index (χ1v) is 9.25. The van der Waals surface area contributed by atoms with Crippen molar-refractivity contribution >= 4 is 5.69 Å². The number of benzene rings is 2. The van der Waals surface area contributed by atoms with E-state index >= 15 is 0 Å². The van der Waals surface area contributed by atoms with Crippen molar-refractivity contribution in [3.63, 3.8) is 0 Å². The summed E-state index contributed by atoms with van der Waals surface area (Å²) in [6.07, 6.45) is 4.91. The maximum Gasteiger partial charge on any atom is 0.0498 e. The lowest BCUT2D eigenvalue weighted by molar-refractivity contribution is 0.759. The van der Waals surface area contributed by atoms with Crippen molar-refractivity contribution in [1.29, 1.82) is 0 Å². The molecule has 0 spiro atoms. The van der Waals surface area contributed by atoms with Crippen molar-refractivity contribution in [3.05, 3.63) is 83.2 Å². The van der Waals surface area contributed by atoms with Crippen molar-refractivity contribution in [2.45, 2.75) is 32.9 Å². The molecule has 0 saturated carbocycles. The molecule has 0 aliphatic carbocycles. The number of aryl methyl sites for hydroxylation is 1. The van der Waals surface area contributed by atoms with Crippen molar-refractivity contribution in [3.8, 4) is 11.1 Å². The predicted octanol–water partition coefficient (Wildman–Crippen LogP) is 4.64. The summed E-state index contributed by atoms with van der Waals surface area (Å²) in [6.45, 7) is 6.08. The molecular weight excluding hydrogens is 318 g/mol. The monoisotopic (exact) mass is 343 g/mol. The molecule has 1 aliphatic rings. The fraction of sp³-hybridized carbons (Fsp3) is 0.261. The topological polar surface area (TPSA) is 42.1 Å². The molecular formula is C23H25N3.